The fourth-order valence-corrected chi connectivity index (χ4v) is 9.48. The van der Waals surface area contributed by atoms with E-state index in [1.807, 2.05) is 0 Å². The molecule has 0 saturated carbocycles. The molecule has 0 fully saturated rings. The van der Waals surface area contributed by atoms with E-state index in [1.54, 1.807) is 0 Å². The van der Waals surface area contributed by atoms with Crippen LogP contribution in [0.25, 0.3) is 0 Å². The molecule has 0 amide bonds. The predicted molar refractivity (Wildman–Crippen MR) is 316 cm³/mol. The van der Waals surface area contributed by atoms with Crippen LogP contribution in [0.15, 0.2) is 60.8 Å². The van der Waals surface area contributed by atoms with Gasteiger partial charge in [-0.2, -0.15) is 0 Å². The van der Waals surface area contributed by atoms with E-state index < -0.39 is 57.8 Å². The Morgan fingerprint density at radius 1 is 0.382 bits per heavy atom. The number of unbranched alkanes of at least 4 members (excludes halogenated alkanes) is 31. The Kier molecular flexibility index (Phi) is 56.2. The number of ether oxygens (including phenoxy) is 3. The second kappa shape index (κ2) is 58.3. The topological polar surface area (TPSA) is 155 Å². The summed E-state index contributed by atoms with van der Waals surface area (Å²) >= 11 is 0. The van der Waals surface area contributed by atoms with Crippen LogP contribution in [0.4, 0.5) is 0 Å². The molecule has 0 aliphatic heterocycles. The molecule has 0 aliphatic rings. The minimum Gasteiger partial charge on any atom is -0.462 e. The van der Waals surface area contributed by atoms with Crippen LogP contribution in [-0.2, 0) is 42.2 Å². The number of rotatable bonds is 58. The maximum absolute atomic E-state index is 12.9. The Morgan fingerprint density at radius 3 is 1.08 bits per heavy atom. The standard InChI is InChI=1S/C64H115O11P/c1-4-7-10-13-16-19-22-25-28-30-33-35-38-41-44-47-50-53-62(66)71-57-61(75-64(68)55-52-49-46-43-40-37-34-31-29-26-23-20-17-14-11-8-5-2)59-73-76(69,70)72-58-60(56-65)74-63(67)54-51-48-45-42-39-36-32-27-24-21-18-15-12-9-6-3/h7,10,16-17,19-20,25-26,28-29,60-61,65H,4-6,8-9,11-15,18,21-24,27,30-59H2,1-3H3,(H,69,70)/b10-7-,19-16-,20-17-,28-25-,29-26-. The number of hydrogen-bond donors (Lipinski definition) is 2. The Labute approximate surface area is 465 Å². The first-order chi connectivity index (χ1) is 37.2. The first kappa shape index (κ1) is 73.2. The summed E-state index contributed by atoms with van der Waals surface area (Å²) in [7, 11) is -4.75. The van der Waals surface area contributed by atoms with Crippen LogP contribution in [0, 0.1) is 0 Å². The van der Waals surface area contributed by atoms with Crippen molar-refractivity contribution in [2.75, 3.05) is 26.4 Å². The summed E-state index contributed by atoms with van der Waals surface area (Å²) in [6, 6.07) is 0. The zero-order chi connectivity index (χ0) is 55.5. The highest BCUT2D eigenvalue weighted by molar-refractivity contribution is 7.47. The molecule has 11 nitrogen and oxygen atoms in total. The van der Waals surface area contributed by atoms with Crippen molar-refractivity contribution in [1.82, 2.24) is 0 Å². The van der Waals surface area contributed by atoms with Crippen molar-refractivity contribution < 1.29 is 52.2 Å². The van der Waals surface area contributed by atoms with Crippen LogP contribution in [0.1, 0.15) is 290 Å². The number of carbonyl (C=O) groups excluding carboxylic acids is 3. The quantitative estimate of drug-likeness (QED) is 0.0197. The molecular formula is C64H115O11P. The first-order valence-corrected chi connectivity index (χ1v) is 32.7. The Morgan fingerprint density at radius 2 is 0.684 bits per heavy atom. The number of esters is 3. The van der Waals surface area contributed by atoms with E-state index in [1.165, 1.54) is 122 Å². The number of allylic oxidation sites excluding steroid dienone is 10. The number of carbonyl (C=O) groups is 3. The fourth-order valence-electron chi connectivity index (χ4n) is 8.70. The molecule has 3 atom stereocenters. The molecule has 0 rings (SSSR count). The van der Waals surface area contributed by atoms with E-state index in [9.17, 15) is 28.9 Å². The number of aliphatic hydroxyl groups excluding tert-OH is 1. The highest BCUT2D eigenvalue weighted by Crippen LogP contribution is 2.43. The number of aliphatic hydroxyl groups is 1. The molecule has 0 spiro atoms. The monoisotopic (exact) mass is 1090 g/mol. The van der Waals surface area contributed by atoms with Gasteiger partial charge in [-0.05, 0) is 83.5 Å². The maximum atomic E-state index is 12.9. The summed E-state index contributed by atoms with van der Waals surface area (Å²) < 4.78 is 39.6. The highest BCUT2D eigenvalue weighted by Gasteiger charge is 2.28. The molecule has 0 aromatic heterocycles. The molecule has 0 radical (unpaired) electrons. The Bertz CT molecular complexity index is 1510. The summed E-state index contributed by atoms with van der Waals surface area (Å²) in [6.45, 7) is 4.54. The van der Waals surface area contributed by atoms with Crippen LogP contribution in [-0.4, -0.2) is 66.5 Å². The Hall–Kier alpha value is -2.82. The SMILES string of the molecule is CC/C=C\C/C=C\C/C=C\CCCCCCCCCC(=O)OCC(COP(=O)(O)OCC(CO)OC(=O)CCCCCCCCCCCCCCCCC)OC(=O)CCCCCCCCC/C=C\C/C=C\CCCCC. The van der Waals surface area contributed by atoms with Gasteiger partial charge in [0, 0.05) is 19.3 Å². The van der Waals surface area contributed by atoms with Crippen molar-refractivity contribution in [2.24, 2.45) is 0 Å². The van der Waals surface area contributed by atoms with Crippen molar-refractivity contribution in [3.63, 3.8) is 0 Å². The maximum Gasteiger partial charge on any atom is 0.472 e. The summed E-state index contributed by atoms with van der Waals surface area (Å²) in [6.07, 6.45) is 64.5. The summed E-state index contributed by atoms with van der Waals surface area (Å²) in [5.41, 5.74) is 0. The van der Waals surface area contributed by atoms with Gasteiger partial charge in [0.1, 0.15) is 12.7 Å². The minimum absolute atomic E-state index is 0.157. The van der Waals surface area contributed by atoms with E-state index >= 15 is 0 Å². The van der Waals surface area contributed by atoms with Crippen LogP contribution in [0.2, 0.25) is 0 Å². The van der Waals surface area contributed by atoms with Gasteiger partial charge in [0.25, 0.3) is 0 Å². The van der Waals surface area contributed by atoms with Crippen molar-refractivity contribution >= 4 is 25.7 Å². The third-order valence-corrected chi connectivity index (χ3v) is 14.4. The molecule has 0 aliphatic carbocycles. The summed E-state index contributed by atoms with van der Waals surface area (Å²) in [5, 5.41) is 9.84. The van der Waals surface area contributed by atoms with Gasteiger partial charge in [0.05, 0.1) is 19.8 Å². The van der Waals surface area contributed by atoms with Crippen molar-refractivity contribution in [3.05, 3.63) is 60.8 Å². The zero-order valence-electron chi connectivity index (χ0n) is 49.0. The van der Waals surface area contributed by atoms with Crippen LogP contribution in [0.3, 0.4) is 0 Å². The lowest BCUT2D eigenvalue weighted by atomic mass is 10.0. The van der Waals surface area contributed by atoms with Gasteiger partial charge in [-0.25, -0.2) is 4.57 Å². The first-order valence-electron chi connectivity index (χ1n) is 31.2. The summed E-state index contributed by atoms with van der Waals surface area (Å²) in [4.78, 5) is 48.7. The third kappa shape index (κ3) is 55.9. The molecule has 0 heterocycles. The molecule has 0 aromatic rings. The van der Waals surface area contributed by atoms with Crippen LogP contribution in [0.5, 0.6) is 0 Å². The molecule has 12 heteroatoms. The third-order valence-electron chi connectivity index (χ3n) is 13.4. The van der Waals surface area contributed by atoms with Gasteiger partial charge in [0.15, 0.2) is 6.10 Å². The molecule has 0 bridgehead atoms. The predicted octanol–water partition coefficient (Wildman–Crippen LogP) is 18.7. The number of phosphoric ester groups is 1. The van der Waals surface area contributed by atoms with Gasteiger partial charge in [-0.1, -0.05) is 248 Å². The smallest absolute Gasteiger partial charge is 0.462 e. The molecule has 3 unspecified atom stereocenters. The molecule has 442 valence electrons. The molecule has 2 N–H and O–H groups in total. The molecule has 0 aromatic carbocycles. The van der Waals surface area contributed by atoms with Gasteiger partial charge in [-0.15, -0.1) is 0 Å². The largest absolute Gasteiger partial charge is 0.472 e. The second-order valence-corrected chi connectivity index (χ2v) is 22.3. The van der Waals surface area contributed by atoms with Gasteiger partial charge >= 0.3 is 25.7 Å². The Balaban J connectivity index is 4.71. The lowest BCUT2D eigenvalue weighted by Gasteiger charge is -2.21. The van der Waals surface area contributed by atoms with Crippen LogP contribution >= 0.6 is 7.82 Å². The van der Waals surface area contributed by atoms with Crippen molar-refractivity contribution in [3.8, 4) is 0 Å². The van der Waals surface area contributed by atoms with E-state index in [0.717, 1.165) is 109 Å². The zero-order valence-corrected chi connectivity index (χ0v) is 49.9. The lowest BCUT2D eigenvalue weighted by molar-refractivity contribution is -0.161. The van der Waals surface area contributed by atoms with Gasteiger partial charge < -0.3 is 24.2 Å². The number of hydrogen-bond acceptors (Lipinski definition) is 10. The lowest BCUT2D eigenvalue weighted by Crippen LogP contribution is -2.30. The van der Waals surface area contributed by atoms with Crippen molar-refractivity contribution in [1.29, 1.82) is 0 Å². The van der Waals surface area contributed by atoms with E-state index in [0.29, 0.717) is 19.3 Å². The minimum atomic E-state index is -4.75. The van der Waals surface area contributed by atoms with E-state index in [-0.39, 0.29) is 25.9 Å². The number of phosphoric acid groups is 1. The average molecular weight is 1090 g/mol. The molecule has 76 heavy (non-hydrogen) atoms. The van der Waals surface area contributed by atoms with Gasteiger partial charge in [-0.3, -0.25) is 23.4 Å². The molecular weight excluding hydrogens is 976 g/mol. The van der Waals surface area contributed by atoms with Gasteiger partial charge in [0.2, 0.25) is 0 Å². The van der Waals surface area contributed by atoms with E-state index in [2.05, 4.69) is 81.5 Å². The van der Waals surface area contributed by atoms with Crippen LogP contribution < -0.4 is 0 Å². The summed E-state index contributed by atoms with van der Waals surface area (Å²) in [5.74, 6) is -1.47. The highest BCUT2D eigenvalue weighted by atomic mass is 31.2. The molecule has 0 saturated heterocycles. The van der Waals surface area contributed by atoms with Crippen molar-refractivity contribution in [2.45, 2.75) is 303 Å². The average Bonchev–Trinajstić information content (AvgIpc) is 3.41. The van der Waals surface area contributed by atoms with E-state index in [4.69, 9.17) is 23.3 Å². The normalized spacial score (nSPS) is 13.7. The fraction of sp³-hybridized carbons (Fsp3) is 0.797. The second-order valence-electron chi connectivity index (χ2n) is 20.8.